The van der Waals surface area contributed by atoms with Crippen molar-refractivity contribution in [3.05, 3.63) is 52.0 Å². The maximum atomic E-state index is 10.6. The standard InChI is InChI=1S/C12H13N3O2/c1-9-2-4-10(5-3-9)6-7-11-12(15(16)17)14-8-13-11/h2,4-9H,3H2,1H3,(H,13,14)/b7-6+. The van der Waals surface area contributed by atoms with Crippen LogP contribution in [-0.4, -0.2) is 14.9 Å². The second kappa shape index (κ2) is 4.78. The quantitative estimate of drug-likeness (QED) is 0.642. The van der Waals surface area contributed by atoms with Crippen molar-refractivity contribution < 1.29 is 4.92 Å². The molecule has 0 fully saturated rings. The molecule has 5 heteroatoms. The van der Waals surface area contributed by atoms with E-state index in [-0.39, 0.29) is 5.82 Å². The molecule has 0 aliphatic heterocycles. The van der Waals surface area contributed by atoms with Crippen LogP contribution >= 0.6 is 0 Å². The zero-order chi connectivity index (χ0) is 12.3. The maximum absolute atomic E-state index is 10.6. The molecular formula is C12H13N3O2. The smallest absolute Gasteiger partial charge is 0.347 e. The lowest BCUT2D eigenvalue weighted by atomic mass is 9.98. The summed E-state index contributed by atoms with van der Waals surface area (Å²) in [6.45, 7) is 2.14. The van der Waals surface area contributed by atoms with Crippen molar-refractivity contribution in [2.75, 3.05) is 0 Å². The van der Waals surface area contributed by atoms with E-state index in [0.717, 1.165) is 12.0 Å². The highest BCUT2D eigenvalue weighted by molar-refractivity contribution is 5.58. The number of hydrogen-bond donors (Lipinski definition) is 1. The fourth-order valence-electron chi connectivity index (χ4n) is 1.61. The third-order valence-corrected chi connectivity index (χ3v) is 2.61. The molecule has 2 rings (SSSR count). The van der Waals surface area contributed by atoms with Crippen LogP contribution in [0.1, 0.15) is 19.0 Å². The highest BCUT2D eigenvalue weighted by atomic mass is 16.6. The van der Waals surface area contributed by atoms with Gasteiger partial charge in [-0.15, -0.1) is 0 Å². The third kappa shape index (κ3) is 2.69. The number of hydrogen-bond acceptors (Lipinski definition) is 3. The Labute approximate surface area is 98.7 Å². The lowest BCUT2D eigenvalue weighted by molar-refractivity contribution is -0.389. The number of nitrogens with zero attached hydrogens (tertiary/aromatic N) is 2. The van der Waals surface area contributed by atoms with Crippen LogP contribution in [-0.2, 0) is 0 Å². The number of H-pyrrole nitrogens is 1. The molecule has 1 heterocycles. The molecule has 5 nitrogen and oxygen atoms in total. The molecule has 1 aliphatic rings. The molecule has 1 aromatic rings. The summed E-state index contributed by atoms with van der Waals surface area (Å²) < 4.78 is 0. The number of nitro groups is 1. The topological polar surface area (TPSA) is 71.8 Å². The Morgan fingerprint density at radius 3 is 3.06 bits per heavy atom. The fourth-order valence-corrected chi connectivity index (χ4v) is 1.61. The van der Waals surface area contributed by atoms with Gasteiger partial charge in [-0.25, -0.2) is 9.97 Å². The number of aromatic amines is 1. The van der Waals surface area contributed by atoms with E-state index in [4.69, 9.17) is 0 Å². The van der Waals surface area contributed by atoms with Crippen molar-refractivity contribution in [1.82, 2.24) is 9.97 Å². The summed E-state index contributed by atoms with van der Waals surface area (Å²) in [6.07, 6.45) is 12.1. The van der Waals surface area contributed by atoms with E-state index >= 15 is 0 Å². The first-order chi connectivity index (χ1) is 8.16. The minimum atomic E-state index is -0.472. The van der Waals surface area contributed by atoms with Crippen molar-refractivity contribution in [1.29, 1.82) is 0 Å². The van der Waals surface area contributed by atoms with Crippen molar-refractivity contribution >= 4 is 11.9 Å². The normalized spacial score (nSPS) is 19.6. The van der Waals surface area contributed by atoms with Gasteiger partial charge in [-0.3, -0.25) is 0 Å². The van der Waals surface area contributed by atoms with Crippen LogP contribution in [0, 0.1) is 16.0 Å². The second-order valence-corrected chi connectivity index (χ2v) is 4.00. The van der Waals surface area contributed by atoms with Gasteiger partial charge in [0.05, 0.1) is 0 Å². The minimum absolute atomic E-state index is 0.0741. The first-order valence-corrected chi connectivity index (χ1v) is 5.41. The largest absolute Gasteiger partial charge is 0.358 e. The molecule has 1 atom stereocenters. The third-order valence-electron chi connectivity index (χ3n) is 2.61. The Morgan fingerprint density at radius 2 is 2.41 bits per heavy atom. The van der Waals surface area contributed by atoms with E-state index < -0.39 is 4.92 Å². The molecule has 0 amide bonds. The fraction of sp³-hybridized carbons (Fsp3) is 0.250. The average Bonchev–Trinajstić information content (AvgIpc) is 2.76. The Balaban J connectivity index is 2.13. The number of allylic oxidation sites excluding steroid dienone is 5. The molecule has 1 aliphatic carbocycles. The zero-order valence-corrected chi connectivity index (χ0v) is 9.46. The van der Waals surface area contributed by atoms with Gasteiger partial charge in [0.25, 0.3) is 0 Å². The molecule has 1 unspecified atom stereocenters. The molecule has 0 radical (unpaired) electrons. The predicted molar refractivity (Wildman–Crippen MR) is 65.3 cm³/mol. The van der Waals surface area contributed by atoms with Crippen LogP contribution in [0.3, 0.4) is 0 Å². The van der Waals surface area contributed by atoms with Crippen LogP contribution < -0.4 is 0 Å². The Hall–Kier alpha value is -2.17. The molecule has 0 spiro atoms. The molecule has 0 aromatic carbocycles. The lowest BCUT2D eigenvalue weighted by Crippen LogP contribution is -1.93. The monoisotopic (exact) mass is 231 g/mol. The Kier molecular flexibility index (Phi) is 3.18. The summed E-state index contributed by atoms with van der Waals surface area (Å²) in [5, 5.41) is 10.6. The van der Waals surface area contributed by atoms with Crippen LogP contribution in [0.2, 0.25) is 0 Å². The molecule has 1 N–H and O–H groups in total. The highest BCUT2D eigenvalue weighted by Gasteiger charge is 2.11. The van der Waals surface area contributed by atoms with Crippen molar-refractivity contribution in [3.63, 3.8) is 0 Å². The van der Waals surface area contributed by atoms with Crippen molar-refractivity contribution in [3.8, 4) is 0 Å². The summed E-state index contributed by atoms with van der Waals surface area (Å²) in [5.74, 6) is 0.488. The van der Waals surface area contributed by atoms with Gasteiger partial charge in [0.1, 0.15) is 0 Å². The van der Waals surface area contributed by atoms with E-state index in [1.165, 1.54) is 6.33 Å². The SMILES string of the molecule is CC1C=CC(/C=C/c2nc[nH]c2[N+](=O)[O-])=CC1. The van der Waals surface area contributed by atoms with Gasteiger partial charge in [-0.2, -0.15) is 0 Å². The Morgan fingerprint density at radius 1 is 1.59 bits per heavy atom. The summed E-state index contributed by atoms with van der Waals surface area (Å²) in [6, 6.07) is 0. The van der Waals surface area contributed by atoms with Crippen molar-refractivity contribution in [2.45, 2.75) is 13.3 Å². The second-order valence-electron chi connectivity index (χ2n) is 4.00. The molecule has 17 heavy (non-hydrogen) atoms. The molecule has 88 valence electrons. The van der Waals surface area contributed by atoms with Gasteiger partial charge < -0.3 is 10.1 Å². The van der Waals surface area contributed by atoms with E-state index in [1.807, 2.05) is 12.2 Å². The van der Waals surface area contributed by atoms with Gasteiger partial charge in [0.2, 0.25) is 0 Å². The molecule has 1 aromatic heterocycles. The van der Waals surface area contributed by atoms with E-state index in [1.54, 1.807) is 6.08 Å². The molecule has 0 bridgehead atoms. The van der Waals surface area contributed by atoms with Crippen LogP contribution in [0.15, 0.2) is 36.2 Å². The van der Waals surface area contributed by atoms with Crippen LogP contribution in [0.5, 0.6) is 0 Å². The summed E-state index contributed by atoms with van der Waals surface area (Å²) in [5.41, 5.74) is 1.41. The van der Waals surface area contributed by atoms with Gasteiger partial charge >= 0.3 is 5.82 Å². The maximum Gasteiger partial charge on any atom is 0.347 e. The number of rotatable bonds is 3. The Bertz CT molecular complexity index is 512. The molecule has 0 saturated carbocycles. The zero-order valence-electron chi connectivity index (χ0n) is 9.46. The summed E-state index contributed by atoms with van der Waals surface area (Å²) in [7, 11) is 0. The summed E-state index contributed by atoms with van der Waals surface area (Å²) in [4.78, 5) is 16.6. The van der Waals surface area contributed by atoms with Crippen LogP contribution in [0.25, 0.3) is 6.08 Å². The highest BCUT2D eigenvalue weighted by Crippen LogP contribution is 2.19. The minimum Gasteiger partial charge on any atom is -0.358 e. The van der Waals surface area contributed by atoms with Gasteiger partial charge in [-0.05, 0) is 28.9 Å². The van der Waals surface area contributed by atoms with Crippen molar-refractivity contribution in [2.24, 2.45) is 5.92 Å². The van der Waals surface area contributed by atoms with E-state index in [2.05, 4.69) is 29.0 Å². The van der Waals surface area contributed by atoms with E-state index in [0.29, 0.717) is 11.6 Å². The van der Waals surface area contributed by atoms with Gasteiger partial charge in [0.15, 0.2) is 12.0 Å². The van der Waals surface area contributed by atoms with Crippen LogP contribution in [0.4, 0.5) is 5.82 Å². The molecule has 0 saturated heterocycles. The number of imidazole rings is 1. The molecular weight excluding hydrogens is 218 g/mol. The van der Waals surface area contributed by atoms with E-state index in [9.17, 15) is 10.1 Å². The number of nitrogens with one attached hydrogen (secondary N) is 1. The lowest BCUT2D eigenvalue weighted by Gasteiger charge is -2.08. The summed E-state index contributed by atoms with van der Waals surface area (Å²) >= 11 is 0. The van der Waals surface area contributed by atoms with Gasteiger partial charge in [0, 0.05) is 0 Å². The first-order valence-electron chi connectivity index (χ1n) is 5.41. The number of aromatic nitrogens is 2. The van der Waals surface area contributed by atoms with Gasteiger partial charge in [-0.1, -0.05) is 31.2 Å². The first kappa shape index (κ1) is 11.3. The average molecular weight is 231 g/mol. The predicted octanol–water partition coefficient (Wildman–Crippen LogP) is 2.85.